The van der Waals surface area contributed by atoms with Gasteiger partial charge in [-0.25, -0.2) is 0 Å². The zero-order valence-corrected chi connectivity index (χ0v) is 13.7. The third-order valence-electron chi connectivity index (χ3n) is 4.35. The lowest BCUT2D eigenvalue weighted by atomic mass is 10.1. The number of pyridine rings is 2. The Morgan fingerprint density at radius 1 is 1.16 bits per heavy atom. The van der Waals surface area contributed by atoms with E-state index in [0.29, 0.717) is 22.8 Å². The molecule has 1 fully saturated rings. The number of rotatable bonds is 4. The highest BCUT2D eigenvalue weighted by molar-refractivity contribution is 6.13. The number of amides is 1. The number of carbonyl (C=O) groups is 1. The van der Waals surface area contributed by atoms with E-state index in [1.54, 1.807) is 24.7 Å². The average molecular weight is 333 g/mol. The first-order valence-electron chi connectivity index (χ1n) is 8.37. The largest absolute Gasteiger partial charge is 0.380 e. The molecule has 1 aliphatic rings. The van der Waals surface area contributed by atoms with E-state index in [9.17, 15) is 4.79 Å². The van der Waals surface area contributed by atoms with E-state index in [1.807, 2.05) is 30.3 Å². The number of aromatic nitrogens is 2. The molecule has 1 aromatic carbocycles. The second-order valence-electron chi connectivity index (χ2n) is 6.09. The van der Waals surface area contributed by atoms with Crippen molar-refractivity contribution in [1.29, 1.82) is 0 Å². The van der Waals surface area contributed by atoms with Gasteiger partial charge in [0.2, 0.25) is 0 Å². The quantitative estimate of drug-likeness (QED) is 0.684. The Labute approximate surface area is 145 Å². The number of nitrogens with zero attached hydrogens (tertiary/aromatic N) is 2. The van der Waals surface area contributed by atoms with E-state index in [-0.39, 0.29) is 5.91 Å². The van der Waals surface area contributed by atoms with Crippen LogP contribution in [0.3, 0.4) is 0 Å². The van der Waals surface area contributed by atoms with Gasteiger partial charge in [0.15, 0.2) is 0 Å². The van der Waals surface area contributed by atoms with Crippen LogP contribution >= 0.6 is 0 Å². The molecule has 0 radical (unpaired) electrons. The van der Waals surface area contributed by atoms with Crippen molar-refractivity contribution in [3.63, 3.8) is 0 Å². The molecule has 3 heterocycles. The number of carbonyl (C=O) groups excluding carboxylic acids is 1. The Balaban J connectivity index is 1.67. The summed E-state index contributed by atoms with van der Waals surface area (Å²) in [6.45, 7) is 1.98. The van der Waals surface area contributed by atoms with Crippen LogP contribution in [0.5, 0.6) is 0 Å². The fourth-order valence-corrected chi connectivity index (χ4v) is 3.11. The standard InChI is InChI=1S/C19H19N5O/c25-19(24-13-3-1-8-20-11-13)16-5-6-17(23-14-7-10-21-12-14)15-4-2-9-22-18(15)16/h1-6,8-9,11,14,21,23H,7,10,12H2,(H,24,25)/t14-/m0/s1. The van der Waals surface area contributed by atoms with Gasteiger partial charge in [0.25, 0.3) is 5.91 Å². The molecule has 0 aliphatic carbocycles. The van der Waals surface area contributed by atoms with Gasteiger partial charge in [0.1, 0.15) is 0 Å². The first-order valence-corrected chi connectivity index (χ1v) is 8.37. The summed E-state index contributed by atoms with van der Waals surface area (Å²) in [7, 11) is 0. The minimum absolute atomic E-state index is 0.189. The number of anilines is 2. The summed E-state index contributed by atoms with van der Waals surface area (Å²) >= 11 is 0. The first kappa shape index (κ1) is 15.5. The highest BCUT2D eigenvalue weighted by Crippen LogP contribution is 2.27. The van der Waals surface area contributed by atoms with Crippen LogP contribution in [0.4, 0.5) is 11.4 Å². The predicted molar refractivity (Wildman–Crippen MR) is 98.8 cm³/mol. The fourth-order valence-electron chi connectivity index (χ4n) is 3.11. The van der Waals surface area contributed by atoms with Crippen molar-refractivity contribution in [1.82, 2.24) is 15.3 Å². The van der Waals surface area contributed by atoms with E-state index in [2.05, 4.69) is 25.9 Å². The predicted octanol–water partition coefficient (Wildman–Crippen LogP) is 2.66. The Morgan fingerprint density at radius 2 is 2.08 bits per heavy atom. The maximum Gasteiger partial charge on any atom is 0.257 e. The molecule has 25 heavy (non-hydrogen) atoms. The number of hydrogen-bond acceptors (Lipinski definition) is 5. The molecule has 6 nitrogen and oxygen atoms in total. The normalized spacial score (nSPS) is 16.7. The Bertz CT molecular complexity index is 891. The van der Waals surface area contributed by atoms with Gasteiger partial charge in [0.05, 0.1) is 23.0 Å². The zero-order chi connectivity index (χ0) is 17.1. The van der Waals surface area contributed by atoms with E-state index in [1.165, 1.54) is 0 Å². The van der Waals surface area contributed by atoms with E-state index >= 15 is 0 Å². The molecule has 3 N–H and O–H groups in total. The van der Waals surface area contributed by atoms with Gasteiger partial charge in [-0.2, -0.15) is 0 Å². The summed E-state index contributed by atoms with van der Waals surface area (Å²) in [5, 5.41) is 10.7. The van der Waals surface area contributed by atoms with Crippen LogP contribution in [-0.2, 0) is 0 Å². The maximum atomic E-state index is 12.7. The minimum atomic E-state index is -0.189. The van der Waals surface area contributed by atoms with Crippen molar-refractivity contribution in [2.24, 2.45) is 0 Å². The Kier molecular flexibility index (Phi) is 4.26. The molecule has 1 amide bonds. The minimum Gasteiger partial charge on any atom is -0.380 e. The molecule has 1 aliphatic heterocycles. The zero-order valence-electron chi connectivity index (χ0n) is 13.7. The second-order valence-corrected chi connectivity index (χ2v) is 6.09. The lowest BCUT2D eigenvalue weighted by Crippen LogP contribution is -2.22. The second kappa shape index (κ2) is 6.86. The van der Waals surface area contributed by atoms with Gasteiger partial charge in [0, 0.05) is 36.1 Å². The van der Waals surface area contributed by atoms with E-state index in [0.717, 1.165) is 30.6 Å². The molecule has 126 valence electrons. The molecule has 2 aromatic heterocycles. The molecule has 0 spiro atoms. The molecular weight excluding hydrogens is 314 g/mol. The summed E-state index contributed by atoms with van der Waals surface area (Å²) in [5.41, 5.74) is 2.92. The van der Waals surface area contributed by atoms with Gasteiger partial charge < -0.3 is 16.0 Å². The van der Waals surface area contributed by atoms with E-state index in [4.69, 9.17) is 0 Å². The van der Waals surface area contributed by atoms with Crippen molar-refractivity contribution in [3.8, 4) is 0 Å². The van der Waals surface area contributed by atoms with Crippen molar-refractivity contribution >= 4 is 28.2 Å². The Morgan fingerprint density at radius 3 is 2.88 bits per heavy atom. The third-order valence-corrected chi connectivity index (χ3v) is 4.35. The van der Waals surface area contributed by atoms with Crippen LogP contribution in [0, 0.1) is 0 Å². The molecule has 1 saturated heterocycles. The molecular formula is C19H19N5O. The maximum absolute atomic E-state index is 12.7. The lowest BCUT2D eigenvalue weighted by Gasteiger charge is -2.16. The molecule has 4 rings (SSSR count). The highest BCUT2D eigenvalue weighted by atomic mass is 16.1. The molecule has 3 aromatic rings. The Hall–Kier alpha value is -2.99. The summed E-state index contributed by atoms with van der Waals surface area (Å²) in [4.78, 5) is 21.1. The van der Waals surface area contributed by atoms with Gasteiger partial charge >= 0.3 is 0 Å². The molecule has 6 heteroatoms. The summed E-state index contributed by atoms with van der Waals surface area (Å²) in [6, 6.07) is 11.7. The number of fused-ring (bicyclic) bond motifs is 1. The van der Waals surface area contributed by atoms with Gasteiger partial charge in [-0.05, 0) is 49.4 Å². The molecule has 0 bridgehead atoms. The third kappa shape index (κ3) is 3.29. The highest BCUT2D eigenvalue weighted by Gasteiger charge is 2.18. The van der Waals surface area contributed by atoms with Crippen molar-refractivity contribution in [2.75, 3.05) is 23.7 Å². The van der Waals surface area contributed by atoms with Crippen molar-refractivity contribution in [2.45, 2.75) is 12.5 Å². The summed E-state index contributed by atoms with van der Waals surface area (Å²) in [5.74, 6) is -0.189. The van der Waals surface area contributed by atoms with Crippen LogP contribution in [-0.4, -0.2) is 35.0 Å². The first-order chi connectivity index (χ1) is 12.3. The van der Waals surface area contributed by atoms with Gasteiger partial charge in [-0.1, -0.05) is 0 Å². The average Bonchev–Trinajstić information content (AvgIpc) is 3.16. The fraction of sp³-hybridized carbons (Fsp3) is 0.211. The van der Waals surface area contributed by atoms with Crippen LogP contribution in [0.25, 0.3) is 10.9 Å². The molecule has 1 atom stereocenters. The monoisotopic (exact) mass is 333 g/mol. The number of benzene rings is 1. The lowest BCUT2D eigenvalue weighted by molar-refractivity contribution is 0.102. The van der Waals surface area contributed by atoms with E-state index < -0.39 is 0 Å². The van der Waals surface area contributed by atoms with Gasteiger partial charge in [-0.15, -0.1) is 0 Å². The molecule has 0 saturated carbocycles. The van der Waals surface area contributed by atoms with Crippen LogP contribution in [0.2, 0.25) is 0 Å². The summed E-state index contributed by atoms with van der Waals surface area (Å²) in [6.07, 6.45) is 6.09. The summed E-state index contributed by atoms with van der Waals surface area (Å²) < 4.78 is 0. The van der Waals surface area contributed by atoms with Gasteiger partial charge in [-0.3, -0.25) is 14.8 Å². The van der Waals surface area contributed by atoms with Crippen LogP contribution < -0.4 is 16.0 Å². The number of hydrogen-bond donors (Lipinski definition) is 3. The number of nitrogens with one attached hydrogen (secondary N) is 3. The topological polar surface area (TPSA) is 78.9 Å². The van der Waals surface area contributed by atoms with Crippen molar-refractivity contribution < 1.29 is 4.79 Å². The van der Waals surface area contributed by atoms with Crippen molar-refractivity contribution in [3.05, 3.63) is 60.6 Å². The molecule has 0 unspecified atom stereocenters. The SMILES string of the molecule is O=C(Nc1cccnc1)c1ccc(N[C@H]2CCNC2)c2cccnc12. The smallest absolute Gasteiger partial charge is 0.257 e. The van der Waals surface area contributed by atoms with Crippen LogP contribution in [0.1, 0.15) is 16.8 Å². The van der Waals surface area contributed by atoms with Crippen LogP contribution in [0.15, 0.2) is 55.0 Å².